The molecule has 2 fully saturated rings. The second-order valence-electron chi connectivity index (χ2n) is 6.89. The average Bonchev–Trinajstić information content (AvgIpc) is 3.40. The van der Waals surface area contributed by atoms with Crippen LogP contribution in [0.5, 0.6) is 11.6 Å². The highest BCUT2D eigenvalue weighted by Gasteiger charge is 2.37. The molecule has 5 nitrogen and oxygen atoms in total. The number of piperazine rings is 1. The molecular formula is C23H33N3O2. The van der Waals surface area contributed by atoms with Crippen molar-refractivity contribution >= 4 is 0 Å². The van der Waals surface area contributed by atoms with Crippen LogP contribution in [0.25, 0.3) is 0 Å². The molecule has 3 aliphatic heterocycles. The van der Waals surface area contributed by atoms with Gasteiger partial charge in [-0.2, -0.15) is 0 Å². The van der Waals surface area contributed by atoms with Gasteiger partial charge in [-0.05, 0) is 29.7 Å². The second-order valence-corrected chi connectivity index (χ2v) is 6.89. The smallest absolute Gasteiger partial charge is 0.257 e. The molecule has 1 aromatic carbocycles. The quantitative estimate of drug-likeness (QED) is 0.861. The summed E-state index contributed by atoms with van der Waals surface area (Å²) >= 11 is 0. The Balaban J connectivity index is 0.000000531. The monoisotopic (exact) mass is 383 g/mol. The lowest BCUT2D eigenvalue weighted by molar-refractivity contribution is 0.0850. The van der Waals surface area contributed by atoms with Crippen molar-refractivity contribution in [1.82, 2.24) is 15.2 Å². The number of pyridine rings is 1. The van der Waals surface area contributed by atoms with E-state index in [1.165, 1.54) is 18.5 Å². The van der Waals surface area contributed by atoms with E-state index >= 15 is 0 Å². The zero-order chi connectivity index (χ0) is 19.9. The highest BCUT2D eigenvalue weighted by atomic mass is 16.6. The number of nitrogens with zero attached hydrogens (tertiary/aromatic N) is 2. The minimum Gasteiger partial charge on any atom is -0.484 e. The molecule has 0 spiro atoms. The zero-order valence-electron chi connectivity index (χ0n) is 17.5. The van der Waals surface area contributed by atoms with Crippen molar-refractivity contribution in [1.29, 1.82) is 0 Å². The largest absolute Gasteiger partial charge is 0.484 e. The first-order chi connectivity index (χ1) is 13.8. The van der Waals surface area contributed by atoms with Gasteiger partial charge in [0.25, 0.3) is 5.88 Å². The predicted molar refractivity (Wildman–Crippen MR) is 113 cm³/mol. The maximum atomic E-state index is 5.98. The Morgan fingerprint density at radius 3 is 2.57 bits per heavy atom. The number of rotatable bonds is 3. The molecule has 28 heavy (non-hydrogen) atoms. The van der Waals surface area contributed by atoms with Crippen LogP contribution in [0, 0.1) is 0 Å². The number of hydrogen-bond acceptors (Lipinski definition) is 5. The van der Waals surface area contributed by atoms with Crippen LogP contribution >= 0.6 is 0 Å². The summed E-state index contributed by atoms with van der Waals surface area (Å²) in [5.41, 5.74) is 2.50. The van der Waals surface area contributed by atoms with E-state index in [0.717, 1.165) is 24.4 Å². The fraction of sp³-hybridized carbons (Fsp3) is 0.522. The third kappa shape index (κ3) is 4.47. The number of likely N-dealkylation sites (tertiary alicyclic amines) is 1. The summed E-state index contributed by atoms with van der Waals surface area (Å²) in [6.07, 6.45) is 2.94. The lowest BCUT2D eigenvalue weighted by Gasteiger charge is -2.28. The Kier molecular flexibility index (Phi) is 7.29. The van der Waals surface area contributed by atoms with E-state index in [-0.39, 0.29) is 6.10 Å². The average molecular weight is 384 g/mol. The van der Waals surface area contributed by atoms with E-state index in [0.29, 0.717) is 24.6 Å². The molecule has 3 unspecified atom stereocenters. The fourth-order valence-electron chi connectivity index (χ4n) is 3.99. The van der Waals surface area contributed by atoms with Crippen molar-refractivity contribution in [2.24, 2.45) is 0 Å². The first-order valence-electron chi connectivity index (χ1n) is 10.7. The van der Waals surface area contributed by atoms with Crippen molar-refractivity contribution in [3.63, 3.8) is 0 Å². The molecule has 3 atom stereocenters. The zero-order valence-corrected chi connectivity index (χ0v) is 17.5. The molecule has 0 saturated carbocycles. The van der Waals surface area contributed by atoms with Crippen molar-refractivity contribution in [3.8, 4) is 11.6 Å². The minimum atomic E-state index is -0.0894. The summed E-state index contributed by atoms with van der Waals surface area (Å²) in [6.45, 7) is 11.9. The van der Waals surface area contributed by atoms with Gasteiger partial charge in [0.2, 0.25) is 0 Å². The molecule has 1 aromatic heterocycles. The van der Waals surface area contributed by atoms with Crippen LogP contribution < -0.4 is 14.8 Å². The van der Waals surface area contributed by atoms with Gasteiger partial charge in [-0.25, -0.2) is 4.98 Å². The van der Waals surface area contributed by atoms with Crippen LogP contribution in [0.4, 0.5) is 0 Å². The Morgan fingerprint density at radius 1 is 1.11 bits per heavy atom. The van der Waals surface area contributed by atoms with Crippen LogP contribution in [-0.4, -0.2) is 41.7 Å². The normalized spacial score (nSPS) is 24.6. The van der Waals surface area contributed by atoms with Gasteiger partial charge in [-0.15, -0.1) is 0 Å². The van der Waals surface area contributed by atoms with Crippen molar-refractivity contribution in [2.45, 2.75) is 58.8 Å². The molecule has 5 rings (SSSR count). The van der Waals surface area contributed by atoms with E-state index in [1.54, 1.807) is 6.20 Å². The summed E-state index contributed by atoms with van der Waals surface area (Å²) in [5.74, 6) is 1.31. The van der Waals surface area contributed by atoms with Crippen LogP contribution in [0.2, 0.25) is 0 Å². The molecule has 152 valence electrons. The summed E-state index contributed by atoms with van der Waals surface area (Å²) < 4.78 is 11.7. The van der Waals surface area contributed by atoms with Gasteiger partial charge in [0.15, 0.2) is 11.9 Å². The topological polar surface area (TPSA) is 46.6 Å². The Bertz CT molecular complexity index is 735. The lowest BCUT2D eigenvalue weighted by Crippen LogP contribution is -2.42. The molecule has 0 radical (unpaired) electrons. The first kappa shape index (κ1) is 20.6. The molecule has 1 N–H and O–H groups in total. The number of nitrogens with one attached hydrogen (secondary N) is 1. The van der Waals surface area contributed by atoms with Gasteiger partial charge >= 0.3 is 0 Å². The molecule has 2 aromatic rings. The number of benzene rings is 1. The standard InChI is InChI=1S/C19H21N3O2.2C2H6/c1-2-17-19(20-7-1)24-18(12-23-17)14-5-3-13(4-6-14)10-22-11-15-8-16(22)9-21-15;2*1-2/h1-7,15-16,18,21H,8-12H2;2*1-2H3. The highest BCUT2D eigenvalue weighted by Crippen LogP contribution is 2.34. The van der Waals surface area contributed by atoms with E-state index in [2.05, 4.69) is 39.5 Å². The van der Waals surface area contributed by atoms with Gasteiger partial charge < -0.3 is 14.8 Å². The number of hydrogen-bond donors (Lipinski definition) is 1. The number of fused-ring (bicyclic) bond motifs is 3. The molecule has 0 amide bonds. The summed E-state index contributed by atoms with van der Waals surface area (Å²) in [5, 5.41) is 3.55. The maximum Gasteiger partial charge on any atom is 0.257 e. The van der Waals surface area contributed by atoms with E-state index < -0.39 is 0 Å². The van der Waals surface area contributed by atoms with Crippen LogP contribution in [0.1, 0.15) is 51.3 Å². The lowest BCUT2D eigenvalue weighted by atomic mass is 10.1. The van der Waals surface area contributed by atoms with Crippen molar-refractivity contribution < 1.29 is 9.47 Å². The van der Waals surface area contributed by atoms with Crippen LogP contribution in [0.15, 0.2) is 42.6 Å². The van der Waals surface area contributed by atoms with Crippen LogP contribution in [0.3, 0.4) is 0 Å². The predicted octanol–water partition coefficient (Wildman–Crippen LogP) is 4.19. The first-order valence-corrected chi connectivity index (χ1v) is 10.7. The second kappa shape index (κ2) is 9.89. The Hall–Kier alpha value is -2.11. The van der Waals surface area contributed by atoms with Gasteiger partial charge in [0, 0.05) is 37.9 Å². The number of aromatic nitrogens is 1. The molecule has 4 heterocycles. The van der Waals surface area contributed by atoms with E-state index in [4.69, 9.17) is 9.47 Å². The van der Waals surface area contributed by atoms with E-state index in [9.17, 15) is 0 Å². The fourth-order valence-corrected chi connectivity index (χ4v) is 3.99. The molecule has 5 heteroatoms. The van der Waals surface area contributed by atoms with Crippen molar-refractivity contribution in [2.75, 3.05) is 19.7 Å². The van der Waals surface area contributed by atoms with Crippen LogP contribution in [-0.2, 0) is 6.54 Å². The Morgan fingerprint density at radius 2 is 1.89 bits per heavy atom. The van der Waals surface area contributed by atoms with E-state index in [1.807, 2.05) is 39.8 Å². The minimum absolute atomic E-state index is 0.0894. The van der Waals surface area contributed by atoms with Gasteiger partial charge in [-0.1, -0.05) is 52.0 Å². The van der Waals surface area contributed by atoms with Crippen molar-refractivity contribution in [3.05, 3.63) is 53.7 Å². The molecule has 2 bridgehead atoms. The highest BCUT2D eigenvalue weighted by molar-refractivity contribution is 5.36. The SMILES string of the molecule is CC.CC.c1cnc2c(c1)OCC(c1ccc(CN3CC4CC3CN4)cc1)O2. The van der Waals surface area contributed by atoms with Gasteiger partial charge in [0.05, 0.1) is 0 Å². The third-order valence-corrected chi connectivity index (χ3v) is 5.29. The molecule has 3 aliphatic rings. The summed E-state index contributed by atoms with van der Waals surface area (Å²) in [7, 11) is 0. The summed E-state index contributed by atoms with van der Waals surface area (Å²) in [4.78, 5) is 6.84. The number of ether oxygens (including phenoxy) is 2. The van der Waals surface area contributed by atoms with Gasteiger partial charge in [0.1, 0.15) is 6.61 Å². The maximum absolute atomic E-state index is 5.98. The Labute approximate surface area is 169 Å². The third-order valence-electron chi connectivity index (χ3n) is 5.29. The van der Waals surface area contributed by atoms with Gasteiger partial charge in [-0.3, -0.25) is 4.90 Å². The molecular weight excluding hydrogens is 350 g/mol. The molecule has 0 aliphatic carbocycles. The molecule has 2 saturated heterocycles. The summed E-state index contributed by atoms with van der Waals surface area (Å²) in [6, 6.07) is 13.9.